The monoisotopic (exact) mass is 445 g/mol. The number of carbonyl (C=O) groups is 1. The van der Waals surface area contributed by atoms with E-state index in [4.69, 9.17) is 0 Å². The van der Waals surface area contributed by atoms with Crippen LogP contribution in [0.3, 0.4) is 0 Å². The zero-order valence-corrected chi connectivity index (χ0v) is 18.1. The lowest BCUT2D eigenvalue weighted by Crippen LogP contribution is -2.42. The Morgan fingerprint density at radius 2 is 1.81 bits per heavy atom. The third-order valence-electron chi connectivity index (χ3n) is 6.37. The number of halogens is 3. The summed E-state index contributed by atoms with van der Waals surface area (Å²) in [6, 6.07) is 10.9. The molecule has 1 atom stereocenters. The molecule has 1 aromatic carbocycles. The summed E-state index contributed by atoms with van der Waals surface area (Å²) in [6.45, 7) is 3.05. The number of pyridine rings is 1. The first-order valence-corrected chi connectivity index (χ1v) is 10.7. The topological polar surface area (TPSA) is 77.2 Å². The molecule has 0 saturated heterocycles. The van der Waals surface area contributed by atoms with E-state index in [1.165, 1.54) is 12.1 Å². The van der Waals surface area contributed by atoms with Crippen molar-refractivity contribution in [1.82, 2.24) is 9.88 Å². The van der Waals surface area contributed by atoms with Crippen molar-refractivity contribution < 1.29 is 23.1 Å². The second-order valence-corrected chi connectivity index (χ2v) is 8.30. The molecule has 1 aliphatic carbocycles. The molecule has 170 valence electrons. The SMILES string of the molecule is CCN(C(=O)c1ccc([C@](C)(O)C(F)(F)F)cc1)C1CCC(c2cccnc2C#N)CC1. The Hall–Kier alpha value is -2.92. The summed E-state index contributed by atoms with van der Waals surface area (Å²) >= 11 is 0. The number of hydrogen-bond donors (Lipinski definition) is 1. The number of aromatic nitrogens is 1. The molecule has 3 rings (SSSR count). The van der Waals surface area contributed by atoms with Crippen molar-refractivity contribution >= 4 is 5.91 Å². The average Bonchev–Trinajstić information content (AvgIpc) is 2.79. The Kier molecular flexibility index (Phi) is 6.89. The fourth-order valence-corrected chi connectivity index (χ4v) is 4.37. The molecular formula is C24H26F3N3O2. The fraction of sp³-hybridized carbons (Fsp3) is 0.458. The number of nitriles is 1. The van der Waals surface area contributed by atoms with Crippen LogP contribution >= 0.6 is 0 Å². The third-order valence-corrected chi connectivity index (χ3v) is 6.37. The second-order valence-electron chi connectivity index (χ2n) is 8.30. The molecule has 0 unspecified atom stereocenters. The summed E-state index contributed by atoms with van der Waals surface area (Å²) in [4.78, 5) is 19.0. The van der Waals surface area contributed by atoms with Crippen molar-refractivity contribution in [3.63, 3.8) is 0 Å². The summed E-state index contributed by atoms with van der Waals surface area (Å²) in [5, 5.41) is 19.1. The van der Waals surface area contributed by atoms with Crippen LogP contribution in [0.1, 0.15) is 72.6 Å². The molecule has 0 radical (unpaired) electrons. The van der Waals surface area contributed by atoms with Crippen molar-refractivity contribution in [2.75, 3.05) is 6.54 Å². The van der Waals surface area contributed by atoms with Crippen molar-refractivity contribution in [2.45, 2.75) is 63.3 Å². The molecule has 0 spiro atoms. The minimum atomic E-state index is -4.81. The van der Waals surface area contributed by atoms with Crippen LogP contribution in [0.5, 0.6) is 0 Å². The number of amides is 1. The fourth-order valence-electron chi connectivity index (χ4n) is 4.37. The summed E-state index contributed by atoms with van der Waals surface area (Å²) in [7, 11) is 0. The summed E-state index contributed by atoms with van der Waals surface area (Å²) in [6.07, 6.45) is -0.0308. The van der Waals surface area contributed by atoms with Gasteiger partial charge in [0.1, 0.15) is 11.8 Å². The van der Waals surface area contributed by atoms with Gasteiger partial charge in [-0.2, -0.15) is 18.4 Å². The van der Waals surface area contributed by atoms with E-state index in [9.17, 15) is 28.3 Å². The number of aliphatic hydroxyl groups is 1. The molecule has 1 aromatic heterocycles. The van der Waals surface area contributed by atoms with E-state index < -0.39 is 11.8 Å². The van der Waals surface area contributed by atoms with E-state index in [0.717, 1.165) is 43.4 Å². The van der Waals surface area contributed by atoms with Gasteiger partial charge < -0.3 is 10.0 Å². The van der Waals surface area contributed by atoms with Crippen LogP contribution in [0.25, 0.3) is 0 Å². The maximum absolute atomic E-state index is 13.1. The lowest BCUT2D eigenvalue weighted by Gasteiger charge is -2.37. The van der Waals surface area contributed by atoms with E-state index in [1.807, 2.05) is 19.1 Å². The highest BCUT2D eigenvalue weighted by atomic mass is 19.4. The van der Waals surface area contributed by atoms with Gasteiger partial charge in [-0.15, -0.1) is 0 Å². The van der Waals surface area contributed by atoms with E-state index in [1.54, 1.807) is 11.1 Å². The quantitative estimate of drug-likeness (QED) is 0.709. The van der Waals surface area contributed by atoms with Gasteiger partial charge in [0.05, 0.1) is 0 Å². The van der Waals surface area contributed by atoms with E-state index in [0.29, 0.717) is 19.2 Å². The molecule has 1 amide bonds. The zero-order valence-electron chi connectivity index (χ0n) is 18.1. The molecule has 8 heteroatoms. The van der Waals surface area contributed by atoms with Gasteiger partial charge in [0.25, 0.3) is 5.91 Å². The minimum absolute atomic E-state index is 0.0175. The minimum Gasteiger partial charge on any atom is -0.376 e. The molecule has 1 heterocycles. The molecule has 2 aromatic rings. The Morgan fingerprint density at radius 3 is 2.34 bits per heavy atom. The Morgan fingerprint density at radius 1 is 1.19 bits per heavy atom. The summed E-state index contributed by atoms with van der Waals surface area (Å²) < 4.78 is 39.2. The van der Waals surface area contributed by atoms with Gasteiger partial charge in [-0.25, -0.2) is 4.98 Å². The Balaban J connectivity index is 1.70. The highest BCUT2D eigenvalue weighted by Crippen LogP contribution is 2.39. The number of carbonyl (C=O) groups excluding carboxylic acids is 1. The normalized spacial score (nSPS) is 20.8. The first-order valence-electron chi connectivity index (χ1n) is 10.7. The van der Waals surface area contributed by atoms with Crippen LogP contribution in [0, 0.1) is 11.3 Å². The molecule has 0 aliphatic heterocycles. The van der Waals surface area contributed by atoms with Crippen molar-refractivity contribution in [1.29, 1.82) is 5.26 Å². The van der Waals surface area contributed by atoms with Crippen LogP contribution in [0.4, 0.5) is 13.2 Å². The van der Waals surface area contributed by atoms with E-state index in [2.05, 4.69) is 11.1 Å². The smallest absolute Gasteiger partial charge is 0.376 e. The van der Waals surface area contributed by atoms with Crippen LogP contribution in [0.15, 0.2) is 42.6 Å². The number of hydrogen-bond acceptors (Lipinski definition) is 4. The molecule has 1 saturated carbocycles. The highest BCUT2D eigenvalue weighted by molar-refractivity contribution is 5.94. The van der Waals surface area contributed by atoms with Gasteiger partial charge in [0, 0.05) is 24.3 Å². The maximum atomic E-state index is 13.1. The van der Waals surface area contributed by atoms with Gasteiger partial charge in [-0.05, 0) is 74.8 Å². The standard InChI is InChI=1S/C24H26F3N3O2/c1-3-30(19-12-8-16(9-13-19)20-5-4-14-29-21(20)15-28)22(31)17-6-10-18(11-7-17)23(2,32)24(25,26)27/h4-7,10-11,14,16,19,32H,3,8-9,12-13H2,1-2H3/t16?,19?,23-/m0/s1. The van der Waals surface area contributed by atoms with Crippen molar-refractivity contribution in [2.24, 2.45) is 0 Å². The Labute approximate surface area is 185 Å². The van der Waals surface area contributed by atoms with Gasteiger partial charge in [0.2, 0.25) is 0 Å². The van der Waals surface area contributed by atoms with Crippen molar-refractivity contribution in [3.8, 4) is 6.07 Å². The molecule has 1 aliphatic rings. The summed E-state index contributed by atoms with van der Waals surface area (Å²) in [5.74, 6) is -0.0273. The Bertz CT molecular complexity index is 989. The first-order chi connectivity index (χ1) is 15.1. The molecule has 1 fully saturated rings. The first kappa shape index (κ1) is 23.7. The van der Waals surface area contributed by atoms with Gasteiger partial charge in [0.15, 0.2) is 5.60 Å². The molecule has 5 nitrogen and oxygen atoms in total. The van der Waals surface area contributed by atoms with Crippen LogP contribution in [0.2, 0.25) is 0 Å². The van der Waals surface area contributed by atoms with Crippen LogP contribution in [-0.2, 0) is 5.60 Å². The summed E-state index contributed by atoms with van der Waals surface area (Å²) in [5.41, 5.74) is -1.62. The second kappa shape index (κ2) is 9.29. The van der Waals surface area contributed by atoms with Crippen LogP contribution < -0.4 is 0 Å². The maximum Gasteiger partial charge on any atom is 0.421 e. The average molecular weight is 445 g/mol. The number of benzene rings is 1. The van der Waals surface area contributed by atoms with Crippen molar-refractivity contribution in [3.05, 3.63) is 65.0 Å². The van der Waals surface area contributed by atoms with E-state index >= 15 is 0 Å². The third kappa shape index (κ3) is 4.63. The van der Waals surface area contributed by atoms with Crippen LogP contribution in [-0.4, -0.2) is 39.7 Å². The number of rotatable bonds is 5. The lowest BCUT2D eigenvalue weighted by atomic mass is 9.80. The molecule has 32 heavy (non-hydrogen) atoms. The number of nitrogens with zero attached hydrogens (tertiary/aromatic N) is 3. The zero-order chi connectivity index (χ0) is 23.5. The van der Waals surface area contributed by atoms with Gasteiger partial charge in [-0.1, -0.05) is 18.2 Å². The van der Waals surface area contributed by atoms with Gasteiger partial charge in [-0.3, -0.25) is 4.79 Å². The highest BCUT2D eigenvalue weighted by Gasteiger charge is 2.51. The molecule has 0 bridgehead atoms. The lowest BCUT2D eigenvalue weighted by molar-refractivity contribution is -0.258. The largest absolute Gasteiger partial charge is 0.421 e. The molecule has 1 N–H and O–H groups in total. The predicted molar refractivity (Wildman–Crippen MR) is 113 cm³/mol. The predicted octanol–water partition coefficient (Wildman–Crippen LogP) is 4.91. The van der Waals surface area contributed by atoms with Gasteiger partial charge >= 0.3 is 6.18 Å². The molecular weight excluding hydrogens is 419 g/mol. The number of alkyl halides is 3. The van der Waals surface area contributed by atoms with E-state index in [-0.39, 0.29) is 29.0 Å².